The van der Waals surface area contributed by atoms with Gasteiger partial charge in [-0.2, -0.15) is 0 Å². The van der Waals surface area contributed by atoms with E-state index in [2.05, 4.69) is 187 Å². The first kappa shape index (κ1) is 30.8. The van der Waals surface area contributed by atoms with Crippen LogP contribution in [0.15, 0.2) is 164 Å². The molecule has 4 aliphatic rings. The van der Waals surface area contributed by atoms with E-state index in [1.165, 1.54) is 109 Å². The number of para-hydroxylation sites is 1. The zero-order valence-electron chi connectivity index (χ0n) is 30.4. The van der Waals surface area contributed by atoms with E-state index in [-0.39, 0.29) is 17.7 Å². The van der Waals surface area contributed by atoms with E-state index in [9.17, 15) is 0 Å². The molecule has 7 aromatic rings. The first-order chi connectivity index (χ1) is 26.0. The fourth-order valence-electron chi connectivity index (χ4n) is 10.7. The number of hydrogen-bond acceptors (Lipinski definition) is 2. The summed E-state index contributed by atoms with van der Waals surface area (Å²) in [6, 6.07) is 61.5. The Kier molecular flexibility index (Phi) is 6.60. The molecule has 0 spiro atoms. The molecule has 3 heteroatoms. The van der Waals surface area contributed by atoms with E-state index in [1.807, 2.05) is 0 Å². The summed E-state index contributed by atoms with van der Waals surface area (Å²) >= 11 is 0. The zero-order valence-corrected chi connectivity index (χ0v) is 30.4. The molecule has 1 saturated carbocycles. The second kappa shape index (κ2) is 11.4. The maximum atomic E-state index is 2.75. The van der Waals surface area contributed by atoms with Crippen molar-refractivity contribution >= 4 is 51.5 Å². The molecule has 2 unspecified atom stereocenters. The molecule has 3 heterocycles. The molecule has 3 aliphatic heterocycles. The molecular formula is C50H41BN2. The maximum absolute atomic E-state index is 2.75. The molecular weight excluding hydrogens is 639 g/mol. The van der Waals surface area contributed by atoms with Gasteiger partial charge in [-0.15, -0.1) is 0 Å². The highest BCUT2D eigenvalue weighted by Gasteiger charge is 2.58. The van der Waals surface area contributed by atoms with Crippen LogP contribution in [0.5, 0.6) is 0 Å². The molecule has 7 aromatic carbocycles. The monoisotopic (exact) mass is 680 g/mol. The van der Waals surface area contributed by atoms with Crippen molar-refractivity contribution in [3.8, 4) is 33.4 Å². The summed E-state index contributed by atoms with van der Waals surface area (Å²) in [5.41, 5.74) is 19.8. The summed E-state index contributed by atoms with van der Waals surface area (Å²) in [4.78, 5) is 5.31. The summed E-state index contributed by atoms with van der Waals surface area (Å²) in [5, 5.41) is 0. The lowest BCUT2D eigenvalue weighted by Gasteiger charge is -2.50. The van der Waals surface area contributed by atoms with Crippen LogP contribution in [0.4, 0.5) is 28.4 Å². The summed E-state index contributed by atoms with van der Waals surface area (Å²) in [6.45, 7) is 5.24. The van der Waals surface area contributed by atoms with Gasteiger partial charge in [-0.1, -0.05) is 153 Å². The molecule has 1 fully saturated rings. The molecule has 0 bridgehead atoms. The number of hydrogen-bond donors (Lipinski definition) is 0. The molecule has 254 valence electrons. The van der Waals surface area contributed by atoms with Crippen LogP contribution in [0.25, 0.3) is 33.4 Å². The average Bonchev–Trinajstić information content (AvgIpc) is 3.66. The van der Waals surface area contributed by atoms with Crippen molar-refractivity contribution in [1.29, 1.82) is 0 Å². The van der Waals surface area contributed by atoms with Crippen LogP contribution in [-0.2, 0) is 5.41 Å². The van der Waals surface area contributed by atoms with Gasteiger partial charge in [-0.25, -0.2) is 0 Å². The molecule has 0 saturated heterocycles. The van der Waals surface area contributed by atoms with Gasteiger partial charge in [0.05, 0.1) is 5.54 Å². The summed E-state index contributed by atoms with van der Waals surface area (Å²) in [7, 11) is 0. The number of nitrogens with zero attached hydrogens (tertiary/aromatic N) is 2. The van der Waals surface area contributed by atoms with Gasteiger partial charge in [0.25, 0.3) is 0 Å². The van der Waals surface area contributed by atoms with Gasteiger partial charge in [0.15, 0.2) is 0 Å². The Morgan fingerprint density at radius 2 is 1.11 bits per heavy atom. The van der Waals surface area contributed by atoms with Crippen LogP contribution in [0, 0.1) is 0 Å². The number of anilines is 5. The van der Waals surface area contributed by atoms with Crippen molar-refractivity contribution in [2.45, 2.75) is 50.5 Å². The molecule has 0 aromatic heterocycles. The van der Waals surface area contributed by atoms with Gasteiger partial charge in [0.2, 0.25) is 6.71 Å². The highest BCUT2D eigenvalue weighted by atomic mass is 15.3. The molecule has 2 atom stereocenters. The predicted molar refractivity (Wildman–Crippen MR) is 225 cm³/mol. The average molecular weight is 681 g/mol. The van der Waals surface area contributed by atoms with E-state index < -0.39 is 0 Å². The molecule has 53 heavy (non-hydrogen) atoms. The summed E-state index contributed by atoms with van der Waals surface area (Å²) in [5.74, 6) is 0. The number of fused-ring (bicyclic) bond motifs is 8. The minimum atomic E-state index is -0.0211. The second-order valence-electron chi connectivity index (χ2n) is 16.0. The second-order valence-corrected chi connectivity index (χ2v) is 16.0. The Morgan fingerprint density at radius 3 is 1.91 bits per heavy atom. The predicted octanol–water partition coefficient (Wildman–Crippen LogP) is 11.0. The molecule has 1 aliphatic carbocycles. The largest absolute Gasteiger partial charge is 0.334 e. The van der Waals surface area contributed by atoms with E-state index in [0.717, 1.165) is 0 Å². The van der Waals surface area contributed by atoms with Crippen molar-refractivity contribution in [3.05, 3.63) is 169 Å². The third-order valence-electron chi connectivity index (χ3n) is 13.4. The molecule has 2 nitrogen and oxygen atoms in total. The Bertz CT molecular complexity index is 2560. The smallest absolute Gasteiger partial charge is 0.248 e. The number of benzene rings is 7. The Labute approximate surface area is 313 Å². The molecule has 0 amide bonds. The van der Waals surface area contributed by atoms with Crippen LogP contribution in [0.1, 0.15) is 45.1 Å². The summed E-state index contributed by atoms with van der Waals surface area (Å²) in [6.07, 6.45) is 4.94. The Morgan fingerprint density at radius 1 is 0.472 bits per heavy atom. The van der Waals surface area contributed by atoms with Crippen molar-refractivity contribution < 1.29 is 0 Å². The van der Waals surface area contributed by atoms with Crippen LogP contribution in [0.2, 0.25) is 0 Å². The standard InChI is InChI=1S/C50H41BN2/c1-49-29-13-14-30-50(49,2)53(45-22-12-10-20-42(45)49)39-32-41-40-19-9-11-21-43(40)51-44-31-37(35-17-7-4-8-18-35)25-28-46(44)52(47(33-39)48(41)51)38-26-23-36(24-27-38)34-15-5-3-6-16-34/h3-12,15-28,31-33H,13-14,29-30H2,1-2H3. The van der Waals surface area contributed by atoms with Crippen LogP contribution in [-0.4, -0.2) is 12.3 Å². The third-order valence-corrected chi connectivity index (χ3v) is 13.4. The molecule has 11 rings (SSSR count). The summed E-state index contributed by atoms with van der Waals surface area (Å²) < 4.78 is 0. The Hall–Kier alpha value is -5.80. The van der Waals surface area contributed by atoms with E-state index in [0.29, 0.717) is 0 Å². The lowest BCUT2D eigenvalue weighted by molar-refractivity contribution is 0.195. The van der Waals surface area contributed by atoms with Gasteiger partial charge in [-0.3, -0.25) is 0 Å². The SMILES string of the molecule is CC12CCCCC1(C)N(c1cc3c4c(c1)N(c1ccc(-c5ccccc5)cc1)c1ccc(-c5ccccc5)cc1B4c1ccccc1-3)c1ccccc12. The highest BCUT2D eigenvalue weighted by Crippen LogP contribution is 2.61. The fourth-order valence-corrected chi connectivity index (χ4v) is 10.7. The molecule has 0 N–H and O–H groups in total. The van der Waals surface area contributed by atoms with Crippen molar-refractivity contribution in [1.82, 2.24) is 0 Å². The van der Waals surface area contributed by atoms with Crippen LogP contribution < -0.4 is 26.2 Å². The van der Waals surface area contributed by atoms with E-state index in [4.69, 9.17) is 0 Å². The van der Waals surface area contributed by atoms with Gasteiger partial charge in [0, 0.05) is 33.9 Å². The van der Waals surface area contributed by atoms with Crippen molar-refractivity contribution in [2.75, 3.05) is 9.80 Å². The quantitative estimate of drug-likeness (QED) is 0.171. The lowest BCUT2D eigenvalue weighted by Crippen LogP contribution is -2.55. The number of rotatable bonds is 4. The third kappa shape index (κ3) is 4.28. The first-order valence-corrected chi connectivity index (χ1v) is 19.4. The topological polar surface area (TPSA) is 6.48 Å². The minimum absolute atomic E-state index is 0.0211. The van der Waals surface area contributed by atoms with Crippen LogP contribution >= 0.6 is 0 Å². The Balaban J connectivity index is 1.17. The van der Waals surface area contributed by atoms with Gasteiger partial charge < -0.3 is 9.80 Å². The van der Waals surface area contributed by atoms with Gasteiger partial charge >= 0.3 is 0 Å². The normalized spacial score (nSPS) is 20.4. The van der Waals surface area contributed by atoms with Crippen molar-refractivity contribution in [2.24, 2.45) is 0 Å². The lowest BCUT2D eigenvalue weighted by atomic mass is 9.37. The fraction of sp³-hybridized carbons (Fsp3) is 0.160. The van der Waals surface area contributed by atoms with E-state index >= 15 is 0 Å². The van der Waals surface area contributed by atoms with Gasteiger partial charge in [0.1, 0.15) is 0 Å². The highest BCUT2D eigenvalue weighted by molar-refractivity contribution is 7.01. The zero-order chi connectivity index (χ0) is 35.3. The van der Waals surface area contributed by atoms with E-state index in [1.54, 1.807) is 0 Å². The van der Waals surface area contributed by atoms with Crippen LogP contribution in [0.3, 0.4) is 0 Å². The maximum Gasteiger partial charge on any atom is 0.248 e. The molecule has 0 radical (unpaired) electrons. The minimum Gasteiger partial charge on any atom is -0.334 e. The van der Waals surface area contributed by atoms with Crippen molar-refractivity contribution in [3.63, 3.8) is 0 Å². The first-order valence-electron chi connectivity index (χ1n) is 19.4. The van der Waals surface area contributed by atoms with Gasteiger partial charge in [-0.05, 0) is 106 Å².